The Kier molecular flexibility index (Phi) is 10.1. The zero-order valence-corrected chi connectivity index (χ0v) is 20.1. The quantitative estimate of drug-likeness (QED) is 0.190. The molecule has 2 heteroatoms. The minimum absolute atomic E-state index is 0.139. The molecule has 2 aromatic carbocycles. The van der Waals surface area contributed by atoms with Gasteiger partial charge >= 0.3 is 5.97 Å². The summed E-state index contributed by atoms with van der Waals surface area (Å²) in [5, 5.41) is 0. The highest BCUT2D eigenvalue weighted by molar-refractivity contribution is 5.74. The van der Waals surface area contributed by atoms with Gasteiger partial charge in [0.25, 0.3) is 0 Å². The van der Waals surface area contributed by atoms with Crippen molar-refractivity contribution in [1.29, 1.82) is 0 Å². The molecule has 1 unspecified atom stereocenters. The Morgan fingerprint density at radius 3 is 2.06 bits per heavy atom. The van der Waals surface area contributed by atoms with Gasteiger partial charge in [-0.15, -0.1) is 0 Å². The van der Waals surface area contributed by atoms with Gasteiger partial charge in [-0.2, -0.15) is 0 Å². The van der Waals surface area contributed by atoms with E-state index in [1.165, 1.54) is 68.1 Å². The topological polar surface area (TPSA) is 26.3 Å². The predicted octanol–water partition coefficient (Wildman–Crippen LogP) is 8.99. The standard InChI is InChI=1S/C30H40O2/c1-3-5-7-9-10-24-12-14-25(15-13-24)26-16-18-27(19-17-26)28-20-22-29(23-21-28)32-30(31)11-8-6-4-2/h14,16-24H,3-13,15H2,1-2H3. The lowest BCUT2D eigenvalue weighted by Gasteiger charge is -2.22. The first-order valence-corrected chi connectivity index (χ1v) is 12.8. The molecule has 0 saturated carbocycles. The molecular weight excluding hydrogens is 392 g/mol. The largest absolute Gasteiger partial charge is 0.427 e. The van der Waals surface area contributed by atoms with E-state index in [-0.39, 0.29) is 5.97 Å². The van der Waals surface area contributed by atoms with Crippen molar-refractivity contribution in [2.75, 3.05) is 0 Å². The lowest BCUT2D eigenvalue weighted by molar-refractivity contribution is -0.134. The molecule has 3 rings (SSSR count). The van der Waals surface area contributed by atoms with E-state index < -0.39 is 0 Å². The Labute approximate surface area is 195 Å². The fourth-order valence-electron chi connectivity index (χ4n) is 4.57. The number of hydrogen-bond acceptors (Lipinski definition) is 2. The van der Waals surface area contributed by atoms with Crippen LogP contribution in [0, 0.1) is 5.92 Å². The molecule has 0 fully saturated rings. The molecule has 0 saturated heterocycles. The molecule has 0 aliphatic heterocycles. The van der Waals surface area contributed by atoms with Crippen molar-refractivity contribution in [1.82, 2.24) is 0 Å². The Hall–Kier alpha value is -2.35. The maximum absolute atomic E-state index is 11.9. The molecule has 32 heavy (non-hydrogen) atoms. The van der Waals surface area contributed by atoms with E-state index in [9.17, 15) is 4.79 Å². The highest BCUT2D eigenvalue weighted by Crippen LogP contribution is 2.34. The number of rotatable bonds is 12. The SMILES string of the molecule is CCCCCCC1CC=C(c2ccc(-c3ccc(OC(=O)CCCCC)cc3)cc2)CC1. The summed E-state index contributed by atoms with van der Waals surface area (Å²) < 4.78 is 5.45. The van der Waals surface area contributed by atoms with Crippen LogP contribution >= 0.6 is 0 Å². The van der Waals surface area contributed by atoms with Gasteiger partial charge < -0.3 is 4.74 Å². The van der Waals surface area contributed by atoms with Crippen molar-refractivity contribution < 1.29 is 9.53 Å². The predicted molar refractivity (Wildman–Crippen MR) is 136 cm³/mol. The lowest BCUT2D eigenvalue weighted by atomic mass is 9.83. The molecule has 1 atom stereocenters. The molecule has 1 aliphatic carbocycles. The number of carbonyl (C=O) groups excluding carboxylic acids is 1. The van der Waals surface area contributed by atoms with Crippen molar-refractivity contribution in [2.24, 2.45) is 5.92 Å². The highest BCUT2D eigenvalue weighted by Gasteiger charge is 2.15. The molecule has 2 aromatic rings. The summed E-state index contributed by atoms with van der Waals surface area (Å²) in [7, 11) is 0. The molecule has 1 aliphatic rings. The summed E-state index contributed by atoms with van der Waals surface area (Å²) in [6.45, 7) is 4.41. The van der Waals surface area contributed by atoms with Crippen LogP contribution < -0.4 is 4.74 Å². The second-order valence-electron chi connectivity index (χ2n) is 9.25. The maximum Gasteiger partial charge on any atom is 0.311 e. The lowest BCUT2D eigenvalue weighted by Crippen LogP contribution is -2.07. The van der Waals surface area contributed by atoms with Crippen LogP contribution in [0.15, 0.2) is 54.6 Å². The van der Waals surface area contributed by atoms with E-state index in [1.54, 1.807) is 0 Å². The third kappa shape index (κ3) is 7.65. The van der Waals surface area contributed by atoms with E-state index in [4.69, 9.17) is 4.74 Å². The van der Waals surface area contributed by atoms with Crippen molar-refractivity contribution in [2.45, 2.75) is 90.9 Å². The zero-order valence-electron chi connectivity index (χ0n) is 20.1. The van der Waals surface area contributed by atoms with Gasteiger partial charge in [0.1, 0.15) is 5.75 Å². The first-order chi connectivity index (χ1) is 15.7. The van der Waals surface area contributed by atoms with Crippen LogP contribution in [-0.4, -0.2) is 5.97 Å². The summed E-state index contributed by atoms with van der Waals surface area (Å²) in [4.78, 5) is 11.9. The second kappa shape index (κ2) is 13.3. The molecule has 2 nitrogen and oxygen atoms in total. The second-order valence-corrected chi connectivity index (χ2v) is 9.25. The van der Waals surface area contributed by atoms with Crippen LogP contribution in [0.1, 0.15) is 96.5 Å². The molecule has 0 radical (unpaired) electrons. The monoisotopic (exact) mass is 432 g/mol. The summed E-state index contributed by atoms with van der Waals surface area (Å²) in [5.41, 5.74) is 5.20. The number of allylic oxidation sites excluding steroid dienone is 2. The Bertz CT molecular complexity index is 845. The summed E-state index contributed by atoms with van der Waals surface area (Å²) in [6.07, 6.45) is 16.7. The Balaban J connectivity index is 1.51. The van der Waals surface area contributed by atoms with Crippen LogP contribution in [0.25, 0.3) is 16.7 Å². The molecule has 0 spiro atoms. The fourth-order valence-corrected chi connectivity index (χ4v) is 4.57. The van der Waals surface area contributed by atoms with Crippen LogP contribution in [-0.2, 0) is 4.79 Å². The van der Waals surface area contributed by atoms with E-state index in [1.807, 2.05) is 24.3 Å². The van der Waals surface area contributed by atoms with Gasteiger partial charge in [0.05, 0.1) is 0 Å². The molecule has 0 N–H and O–H groups in total. The van der Waals surface area contributed by atoms with Gasteiger partial charge in [-0.25, -0.2) is 0 Å². The number of esters is 1. The third-order valence-corrected chi connectivity index (χ3v) is 6.64. The Morgan fingerprint density at radius 2 is 1.44 bits per heavy atom. The van der Waals surface area contributed by atoms with Gasteiger partial charge in [0.15, 0.2) is 0 Å². The molecule has 0 bridgehead atoms. The van der Waals surface area contributed by atoms with E-state index in [0.717, 1.165) is 30.7 Å². The number of ether oxygens (including phenoxy) is 1. The molecule has 0 heterocycles. The maximum atomic E-state index is 11.9. The summed E-state index contributed by atoms with van der Waals surface area (Å²) >= 11 is 0. The van der Waals surface area contributed by atoms with E-state index in [0.29, 0.717) is 12.2 Å². The first kappa shape index (κ1) is 24.3. The van der Waals surface area contributed by atoms with Crippen LogP contribution in [0.3, 0.4) is 0 Å². The van der Waals surface area contributed by atoms with Gasteiger partial charge in [-0.3, -0.25) is 4.79 Å². The smallest absolute Gasteiger partial charge is 0.311 e. The average Bonchev–Trinajstić information content (AvgIpc) is 2.83. The van der Waals surface area contributed by atoms with Crippen LogP contribution in [0.4, 0.5) is 0 Å². The molecular formula is C30H40O2. The minimum Gasteiger partial charge on any atom is -0.427 e. The van der Waals surface area contributed by atoms with Gasteiger partial charge in [-0.1, -0.05) is 101 Å². The summed E-state index contributed by atoms with van der Waals surface area (Å²) in [6, 6.07) is 16.8. The van der Waals surface area contributed by atoms with Gasteiger partial charge in [0, 0.05) is 6.42 Å². The zero-order chi connectivity index (χ0) is 22.6. The van der Waals surface area contributed by atoms with Crippen molar-refractivity contribution in [3.8, 4) is 16.9 Å². The Morgan fingerprint density at radius 1 is 0.812 bits per heavy atom. The van der Waals surface area contributed by atoms with Crippen molar-refractivity contribution in [3.63, 3.8) is 0 Å². The van der Waals surface area contributed by atoms with Gasteiger partial charge in [-0.05, 0) is 66.0 Å². The van der Waals surface area contributed by atoms with Crippen molar-refractivity contribution >= 4 is 11.5 Å². The average molecular weight is 433 g/mol. The van der Waals surface area contributed by atoms with Crippen molar-refractivity contribution in [3.05, 3.63) is 60.2 Å². The van der Waals surface area contributed by atoms with Crippen LogP contribution in [0.2, 0.25) is 0 Å². The fraction of sp³-hybridized carbons (Fsp3) is 0.500. The first-order valence-electron chi connectivity index (χ1n) is 12.8. The number of carbonyl (C=O) groups is 1. The minimum atomic E-state index is -0.139. The number of hydrogen-bond donors (Lipinski definition) is 0. The molecule has 0 aromatic heterocycles. The third-order valence-electron chi connectivity index (χ3n) is 6.64. The highest BCUT2D eigenvalue weighted by atomic mass is 16.5. The normalized spacial score (nSPS) is 15.9. The molecule has 0 amide bonds. The number of benzene rings is 2. The van der Waals surface area contributed by atoms with E-state index >= 15 is 0 Å². The van der Waals surface area contributed by atoms with E-state index in [2.05, 4.69) is 44.2 Å². The summed E-state index contributed by atoms with van der Waals surface area (Å²) in [5.74, 6) is 1.37. The number of unbranched alkanes of at least 4 members (excludes halogenated alkanes) is 5. The van der Waals surface area contributed by atoms with Crippen LogP contribution in [0.5, 0.6) is 5.75 Å². The van der Waals surface area contributed by atoms with Gasteiger partial charge in [0.2, 0.25) is 0 Å². The molecule has 172 valence electrons.